The molecule has 1 aliphatic rings. The van der Waals surface area contributed by atoms with Crippen molar-refractivity contribution in [2.75, 3.05) is 31.1 Å². The Kier molecular flexibility index (Phi) is 7.89. The predicted molar refractivity (Wildman–Crippen MR) is 123 cm³/mol. The molecule has 2 aromatic carbocycles. The van der Waals surface area contributed by atoms with Crippen LogP contribution in [0.1, 0.15) is 36.8 Å². The number of nitrogens with zero attached hydrogens (tertiary/aromatic N) is 3. The Morgan fingerprint density at radius 1 is 1.06 bits per heavy atom. The van der Waals surface area contributed by atoms with Crippen LogP contribution >= 0.6 is 0 Å². The molecule has 0 unspecified atom stereocenters. The smallest absolute Gasteiger partial charge is 0.264 e. The summed E-state index contributed by atoms with van der Waals surface area (Å²) in [6.45, 7) is 5.07. The van der Waals surface area contributed by atoms with Crippen molar-refractivity contribution in [2.45, 2.75) is 44.4 Å². The van der Waals surface area contributed by atoms with Gasteiger partial charge in [-0.2, -0.15) is 9.57 Å². The molecule has 3 rings (SSSR count). The number of benzene rings is 2. The van der Waals surface area contributed by atoms with Gasteiger partial charge in [0.2, 0.25) is 10.0 Å². The van der Waals surface area contributed by atoms with E-state index in [1.165, 1.54) is 16.4 Å². The molecule has 1 heterocycles. The van der Waals surface area contributed by atoms with Crippen LogP contribution in [-0.2, 0) is 14.8 Å². The summed E-state index contributed by atoms with van der Waals surface area (Å²) in [5.41, 5.74) is 2.79. The van der Waals surface area contributed by atoms with Gasteiger partial charge in [0.05, 0.1) is 17.4 Å². The average molecular weight is 456 g/mol. The van der Waals surface area contributed by atoms with Crippen molar-refractivity contribution in [3.05, 3.63) is 53.6 Å². The molecule has 0 bridgehead atoms. The fourth-order valence-corrected chi connectivity index (χ4v) is 5.37. The predicted octanol–water partition coefficient (Wildman–Crippen LogP) is 3.80. The van der Waals surface area contributed by atoms with Crippen LogP contribution in [0, 0.1) is 25.2 Å². The van der Waals surface area contributed by atoms with E-state index in [-0.39, 0.29) is 30.4 Å². The van der Waals surface area contributed by atoms with Gasteiger partial charge in [-0.05, 0) is 74.2 Å². The summed E-state index contributed by atoms with van der Waals surface area (Å²) >= 11 is 0. The second-order valence-corrected chi connectivity index (χ2v) is 9.96. The van der Waals surface area contributed by atoms with Crippen molar-refractivity contribution < 1.29 is 17.9 Å². The van der Waals surface area contributed by atoms with Crippen molar-refractivity contribution in [3.8, 4) is 11.8 Å². The van der Waals surface area contributed by atoms with Gasteiger partial charge >= 0.3 is 0 Å². The minimum Gasteiger partial charge on any atom is -0.484 e. The highest BCUT2D eigenvalue weighted by atomic mass is 32.2. The van der Waals surface area contributed by atoms with Crippen molar-refractivity contribution in [2.24, 2.45) is 0 Å². The Hall–Kier alpha value is -2.89. The van der Waals surface area contributed by atoms with E-state index < -0.39 is 10.0 Å². The van der Waals surface area contributed by atoms with Gasteiger partial charge in [-0.3, -0.25) is 4.79 Å². The molecule has 0 spiro atoms. The fourth-order valence-electron chi connectivity index (χ4n) is 3.85. The Labute approximate surface area is 190 Å². The van der Waals surface area contributed by atoms with E-state index in [0.717, 1.165) is 36.1 Å². The number of hydrogen-bond donors (Lipinski definition) is 0. The van der Waals surface area contributed by atoms with Gasteiger partial charge in [-0.1, -0.05) is 12.5 Å². The number of aryl methyl sites for hydroxylation is 2. The molecule has 0 saturated carbocycles. The number of sulfonamides is 1. The first-order valence-electron chi connectivity index (χ1n) is 10.8. The van der Waals surface area contributed by atoms with Crippen LogP contribution in [0.5, 0.6) is 5.75 Å². The third-order valence-corrected chi connectivity index (χ3v) is 7.32. The third-order valence-electron chi connectivity index (χ3n) is 5.41. The minimum atomic E-state index is -3.51. The summed E-state index contributed by atoms with van der Waals surface area (Å²) in [4.78, 5) is 14.6. The van der Waals surface area contributed by atoms with E-state index in [1.807, 2.05) is 32.0 Å². The molecule has 2 aromatic rings. The Bertz CT molecular complexity index is 1060. The number of amides is 1. The zero-order valence-electron chi connectivity index (χ0n) is 18.6. The van der Waals surface area contributed by atoms with Crippen LogP contribution in [0.25, 0.3) is 0 Å². The molecule has 1 fully saturated rings. The third kappa shape index (κ3) is 5.87. The first-order valence-corrected chi connectivity index (χ1v) is 12.2. The zero-order valence-corrected chi connectivity index (χ0v) is 19.4. The molecule has 170 valence electrons. The lowest BCUT2D eigenvalue weighted by atomic mass is 10.1. The van der Waals surface area contributed by atoms with Gasteiger partial charge in [-0.15, -0.1) is 0 Å². The van der Waals surface area contributed by atoms with Crippen LogP contribution in [0.3, 0.4) is 0 Å². The molecule has 0 radical (unpaired) electrons. The fraction of sp³-hybridized carbons (Fsp3) is 0.417. The number of hydrogen-bond acceptors (Lipinski definition) is 5. The molecular formula is C24H29N3O4S. The zero-order chi connectivity index (χ0) is 23.1. The summed E-state index contributed by atoms with van der Waals surface area (Å²) in [5.74, 6) is 0.145. The molecule has 8 heteroatoms. The van der Waals surface area contributed by atoms with Crippen LogP contribution < -0.4 is 9.64 Å². The maximum Gasteiger partial charge on any atom is 0.264 e. The lowest BCUT2D eigenvalue weighted by Gasteiger charge is -2.26. The summed E-state index contributed by atoms with van der Waals surface area (Å²) in [6, 6.07) is 14.1. The van der Waals surface area contributed by atoms with E-state index in [9.17, 15) is 13.2 Å². The Balaban J connectivity index is 1.67. The lowest BCUT2D eigenvalue weighted by Crippen LogP contribution is -2.36. The normalized spacial score (nSPS) is 14.5. The van der Waals surface area contributed by atoms with Crippen LogP contribution in [-0.4, -0.2) is 44.9 Å². The standard InChI is InChI=1S/C24H29N3O4S/c1-19-15-20(2)17-21(16-19)27(14-6-11-25)24(28)18-31-22-7-9-23(10-8-22)32(29,30)26-12-4-3-5-13-26/h7-10,15-17H,3-6,12-14,18H2,1-2H3. The van der Waals surface area contributed by atoms with Gasteiger partial charge in [0.15, 0.2) is 6.61 Å². The van der Waals surface area contributed by atoms with Gasteiger partial charge < -0.3 is 9.64 Å². The first-order chi connectivity index (χ1) is 15.3. The largest absolute Gasteiger partial charge is 0.484 e. The number of rotatable bonds is 8. The Morgan fingerprint density at radius 2 is 1.69 bits per heavy atom. The molecule has 0 N–H and O–H groups in total. The quantitative estimate of drug-likeness (QED) is 0.604. The summed E-state index contributed by atoms with van der Waals surface area (Å²) in [7, 11) is -3.51. The van der Waals surface area contributed by atoms with Crippen LogP contribution in [0.4, 0.5) is 5.69 Å². The van der Waals surface area contributed by atoms with Crippen molar-refractivity contribution in [1.29, 1.82) is 5.26 Å². The van der Waals surface area contributed by atoms with E-state index in [0.29, 0.717) is 18.8 Å². The van der Waals surface area contributed by atoms with Gasteiger partial charge in [-0.25, -0.2) is 8.42 Å². The highest BCUT2D eigenvalue weighted by molar-refractivity contribution is 7.89. The second-order valence-electron chi connectivity index (χ2n) is 8.02. The molecule has 1 amide bonds. The maximum atomic E-state index is 12.9. The minimum absolute atomic E-state index is 0.210. The van der Waals surface area contributed by atoms with Crippen LogP contribution in [0.15, 0.2) is 47.4 Å². The number of anilines is 1. The number of piperidine rings is 1. The highest BCUT2D eigenvalue weighted by Crippen LogP contribution is 2.23. The molecule has 0 aromatic heterocycles. The molecule has 0 atom stereocenters. The van der Waals surface area contributed by atoms with Gasteiger partial charge in [0.1, 0.15) is 5.75 Å². The van der Waals surface area contributed by atoms with E-state index in [2.05, 4.69) is 6.07 Å². The Morgan fingerprint density at radius 3 is 2.28 bits per heavy atom. The van der Waals surface area contributed by atoms with Crippen molar-refractivity contribution >= 4 is 21.6 Å². The van der Waals surface area contributed by atoms with Gasteiger partial charge in [0, 0.05) is 25.3 Å². The summed E-state index contributed by atoms with van der Waals surface area (Å²) in [6.07, 6.45) is 3.03. The monoisotopic (exact) mass is 455 g/mol. The summed E-state index contributed by atoms with van der Waals surface area (Å²) < 4.78 is 32.7. The average Bonchev–Trinajstić information content (AvgIpc) is 2.78. The van der Waals surface area contributed by atoms with Crippen LogP contribution in [0.2, 0.25) is 0 Å². The topological polar surface area (TPSA) is 90.7 Å². The number of carbonyl (C=O) groups is 1. The molecule has 32 heavy (non-hydrogen) atoms. The molecule has 1 aliphatic heterocycles. The number of carbonyl (C=O) groups excluding carboxylic acids is 1. The van der Waals surface area contributed by atoms with Crippen molar-refractivity contribution in [1.82, 2.24) is 4.31 Å². The molecular weight excluding hydrogens is 426 g/mol. The highest BCUT2D eigenvalue weighted by Gasteiger charge is 2.26. The summed E-state index contributed by atoms with van der Waals surface area (Å²) in [5, 5.41) is 8.98. The van der Waals surface area contributed by atoms with Crippen molar-refractivity contribution in [3.63, 3.8) is 0 Å². The molecule has 0 aliphatic carbocycles. The van der Waals surface area contributed by atoms with Gasteiger partial charge in [0.25, 0.3) is 5.91 Å². The van der Waals surface area contributed by atoms with E-state index in [1.54, 1.807) is 17.0 Å². The molecule has 7 nitrogen and oxygen atoms in total. The van der Waals surface area contributed by atoms with E-state index >= 15 is 0 Å². The molecule has 1 saturated heterocycles. The SMILES string of the molecule is Cc1cc(C)cc(N(CCC#N)C(=O)COc2ccc(S(=O)(=O)N3CCCCC3)cc2)c1. The van der Waals surface area contributed by atoms with E-state index in [4.69, 9.17) is 10.00 Å². The maximum absolute atomic E-state index is 12.9. The first kappa shape index (κ1) is 23.8. The second kappa shape index (κ2) is 10.6. The number of nitriles is 1. The lowest BCUT2D eigenvalue weighted by molar-refractivity contribution is -0.120. The number of ether oxygens (including phenoxy) is 1.